The zero-order valence-electron chi connectivity index (χ0n) is 15.9. The van der Waals surface area contributed by atoms with Crippen molar-refractivity contribution in [3.63, 3.8) is 0 Å². The highest BCUT2D eigenvalue weighted by molar-refractivity contribution is 5.94. The van der Waals surface area contributed by atoms with Gasteiger partial charge in [-0.1, -0.05) is 36.4 Å². The van der Waals surface area contributed by atoms with Gasteiger partial charge in [0.1, 0.15) is 11.6 Å². The van der Waals surface area contributed by atoms with E-state index in [2.05, 4.69) is 16.7 Å². The van der Waals surface area contributed by atoms with Gasteiger partial charge in [-0.2, -0.15) is 0 Å². The lowest BCUT2D eigenvalue weighted by molar-refractivity contribution is 0.0713. The van der Waals surface area contributed by atoms with Crippen LogP contribution in [0.2, 0.25) is 0 Å². The fourth-order valence-electron chi connectivity index (χ4n) is 3.32. The van der Waals surface area contributed by atoms with Crippen LogP contribution in [0.1, 0.15) is 27.4 Å². The predicted molar refractivity (Wildman–Crippen MR) is 109 cm³/mol. The Morgan fingerprint density at radius 1 is 0.931 bits per heavy atom. The fourth-order valence-corrected chi connectivity index (χ4v) is 3.32. The summed E-state index contributed by atoms with van der Waals surface area (Å²) in [5, 5.41) is 0. The largest absolute Gasteiger partial charge is 0.467 e. The van der Waals surface area contributed by atoms with Crippen LogP contribution >= 0.6 is 0 Å². The molecule has 1 amide bonds. The van der Waals surface area contributed by atoms with Gasteiger partial charge in [-0.05, 0) is 48.0 Å². The monoisotopic (exact) mass is 388 g/mol. The van der Waals surface area contributed by atoms with Crippen LogP contribution in [0.3, 0.4) is 0 Å². The Morgan fingerprint density at radius 3 is 2.55 bits per heavy atom. The summed E-state index contributed by atoms with van der Waals surface area (Å²) in [5.41, 5.74) is 2.49. The highest BCUT2D eigenvalue weighted by Gasteiger charge is 2.19. The molecule has 0 radical (unpaired) electrons. The van der Waals surface area contributed by atoms with E-state index in [1.54, 1.807) is 29.4 Å². The number of hydrogen-bond donors (Lipinski definition) is 0. The molecular formula is C24H21FN2O2. The first-order chi connectivity index (χ1) is 14.2. The summed E-state index contributed by atoms with van der Waals surface area (Å²) in [6, 6.07) is 23.5. The summed E-state index contributed by atoms with van der Waals surface area (Å²) in [6.07, 6.45) is 3.58. The van der Waals surface area contributed by atoms with Crippen molar-refractivity contribution in [3.8, 4) is 0 Å². The van der Waals surface area contributed by atoms with Crippen LogP contribution in [-0.2, 0) is 19.6 Å². The molecule has 0 unspecified atom stereocenters. The number of rotatable bonds is 7. The predicted octanol–water partition coefficient (Wildman–Crippen LogP) is 5.11. The van der Waals surface area contributed by atoms with E-state index in [4.69, 9.17) is 4.42 Å². The van der Waals surface area contributed by atoms with Crippen molar-refractivity contribution in [3.05, 3.63) is 120 Å². The first-order valence-corrected chi connectivity index (χ1v) is 9.44. The molecule has 0 aliphatic rings. The van der Waals surface area contributed by atoms with Gasteiger partial charge < -0.3 is 13.9 Å². The molecule has 0 aliphatic heterocycles. The minimum absolute atomic E-state index is 0.242. The van der Waals surface area contributed by atoms with Crippen LogP contribution < -0.4 is 0 Å². The van der Waals surface area contributed by atoms with E-state index in [0.717, 1.165) is 5.69 Å². The molecule has 5 heteroatoms. The van der Waals surface area contributed by atoms with Crippen LogP contribution in [0, 0.1) is 5.82 Å². The summed E-state index contributed by atoms with van der Waals surface area (Å²) in [4.78, 5) is 14.8. The number of nitrogens with zero attached hydrogens (tertiary/aromatic N) is 2. The van der Waals surface area contributed by atoms with Gasteiger partial charge in [0.25, 0.3) is 5.91 Å². The van der Waals surface area contributed by atoms with Crippen molar-refractivity contribution < 1.29 is 13.6 Å². The normalized spacial score (nSPS) is 10.8. The molecule has 0 aliphatic carbocycles. The first-order valence-electron chi connectivity index (χ1n) is 9.44. The zero-order valence-corrected chi connectivity index (χ0v) is 15.9. The number of benzene rings is 2. The Labute approximate surface area is 168 Å². The van der Waals surface area contributed by atoms with Crippen molar-refractivity contribution in [2.75, 3.05) is 0 Å². The second-order valence-electron chi connectivity index (χ2n) is 6.86. The Kier molecular flexibility index (Phi) is 5.56. The number of carbonyl (C=O) groups excluding carboxylic acids is 1. The second-order valence-corrected chi connectivity index (χ2v) is 6.86. The molecule has 0 atom stereocenters. The van der Waals surface area contributed by atoms with E-state index in [9.17, 15) is 9.18 Å². The molecule has 0 fully saturated rings. The average molecular weight is 388 g/mol. The van der Waals surface area contributed by atoms with Crippen LogP contribution in [0.15, 0.2) is 95.7 Å². The number of aromatic nitrogens is 1. The zero-order chi connectivity index (χ0) is 20.1. The Hall–Kier alpha value is -3.60. The van der Waals surface area contributed by atoms with Crippen LogP contribution in [0.25, 0.3) is 0 Å². The van der Waals surface area contributed by atoms with Crippen molar-refractivity contribution in [1.82, 2.24) is 9.47 Å². The van der Waals surface area contributed by atoms with Crippen molar-refractivity contribution in [2.24, 2.45) is 0 Å². The molecule has 0 spiro atoms. The lowest BCUT2D eigenvalue weighted by Crippen LogP contribution is -2.31. The quantitative estimate of drug-likeness (QED) is 0.441. The molecule has 0 N–H and O–H groups in total. The molecule has 0 bridgehead atoms. The van der Waals surface area contributed by atoms with Crippen molar-refractivity contribution >= 4 is 5.91 Å². The Morgan fingerprint density at radius 2 is 1.79 bits per heavy atom. The summed E-state index contributed by atoms with van der Waals surface area (Å²) in [7, 11) is 0. The third-order valence-electron chi connectivity index (χ3n) is 4.76. The van der Waals surface area contributed by atoms with Crippen LogP contribution in [0.5, 0.6) is 0 Å². The maximum atomic E-state index is 13.7. The molecule has 4 rings (SSSR count). The fraction of sp³-hybridized carbons (Fsp3) is 0.125. The molecule has 2 heterocycles. The van der Waals surface area contributed by atoms with Gasteiger partial charge in [-0.3, -0.25) is 4.79 Å². The molecule has 146 valence electrons. The minimum Gasteiger partial charge on any atom is -0.467 e. The van der Waals surface area contributed by atoms with Crippen molar-refractivity contribution in [2.45, 2.75) is 19.6 Å². The van der Waals surface area contributed by atoms with E-state index in [1.165, 1.54) is 17.7 Å². The minimum atomic E-state index is -0.429. The second kappa shape index (κ2) is 8.61. The van der Waals surface area contributed by atoms with E-state index in [1.807, 2.05) is 42.6 Å². The number of furan rings is 1. The SMILES string of the molecule is O=C(c1cccc(F)c1)N(Cc1ccco1)Cc1cccn1Cc1ccccc1. The van der Waals surface area contributed by atoms with Crippen LogP contribution in [-0.4, -0.2) is 15.4 Å². The van der Waals surface area contributed by atoms with E-state index >= 15 is 0 Å². The summed E-state index contributed by atoms with van der Waals surface area (Å²) in [6.45, 7) is 1.40. The standard InChI is InChI=1S/C24H21FN2O2/c25-21-10-4-9-20(15-21)24(28)27(18-23-12-6-14-29-23)17-22-11-5-13-26(22)16-19-7-2-1-3-8-19/h1-15H,16-18H2. The molecule has 0 saturated carbocycles. The Balaban J connectivity index is 1.59. The maximum Gasteiger partial charge on any atom is 0.254 e. The first kappa shape index (κ1) is 18.7. The molecule has 4 aromatic rings. The lowest BCUT2D eigenvalue weighted by Gasteiger charge is -2.23. The summed E-state index contributed by atoms with van der Waals surface area (Å²) in [5.74, 6) is 0.00512. The summed E-state index contributed by atoms with van der Waals surface area (Å²) < 4.78 is 21.2. The topological polar surface area (TPSA) is 38.4 Å². The number of hydrogen-bond acceptors (Lipinski definition) is 2. The van der Waals surface area contributed by atoms with Gasteiger partial charge >= 0.3 is 0 Å². The smallest absolute Gasteiger partial charge is 0.254 e. The van der Waals surface area contributed by atoms with E-state index in [0.29, 0.717) is 31.0 Å². The molecule has 29 heavy (non-hydrogen) atoms. The number of carbonyl (C=O) groups is 1. The van der Waals surface area contributed by atoms with Gasteiger partial charge in [-0.15, -0.1) is 0 Å². The number of halogens is 1. The molecule has 2 aromatic heterocycles. The van der Waals surface area contributed by atoms with Gasteiger partial charge in [0.15, 0.2) is 0 Å². The summed E-state index contributed by atoms with van der Waals surface area (Å²) >= 11 is 0. The Bertz CT molecular complexity index is 1070. The third-order valence-corrected chi connectivity index (χ3v) is 4.76. The molecule has 2 aromatic carbocycles. The molecule has 0 saturated heterocycles. The maximum absolute atomic E-state index is 13.7. The van der Waals surface area contributed by atoms with Gasteiger partial charge in [-0.25, -0.2) is 4.39 Å². The highest BCUT2D eigenvalue weighted by atomic mass is 19.1. The van der Waals surface area contributed by atoms with Crippen LogP contribution in [0.4, 0.5) is 4.39 Å². The van der Waals surface area contributed by atoms with E-state index in [-0.39, 0.29) is 5.91 Å². The third kappa shape index (κ3) is 4.63. The van der Waals surface area contributed by atoms with Gasteiger partial charge in [0.05, 0.1) is 19.4 Å². The molecule has 4 nitrogen and oxygen atoms in total. The highest BCUT2D eigenvalue weighted by Crippen LogP contribution is 2.17. The van der Waals surface area contributed by atoms with Gasteiger partial charge in [0.2, 0.25) is 0 Å². The number of amides is 1. The van der Waals surface area contributed by atoms with E-state index < -0.39 is 5.82 Å². The lowest BCUT2D eigenvalue weighted by atomic mass is 10.1. The van der Waals surface area contributed by atoms with Gasteiger partial charge in [0, 0.05) is 24.0 Å². The average Bonchev–Trinajstić information content (AvgIpc) is 3.40. The molecular weight excluding hydrogens is 367 g/mol. The van der Waals surface area contributed by atoms with Crippen molar-refractivity contribution in [1.29, 1.82) is 0 Å².